The van der Waals surface area contributed by atoms with Gasteiger partial charge in [-0.2, -0.15) is 5.10 Å². The molecule has 1 atom stereocenters. The predicted octanol–water partition coefficient (Wildman–Crippen LogP) is 2.93. The van der Waals surface area contributed by atoms with Gasteiger partial charge in [-0.3, -0.25) is 5.10 Å². The Kier molecular flexibility index (Phi) is 4.60. The van der Waals surface area contributed by atoms with E-state index in [0.29, 0.717) is 12.4 Å². The van der Waals surface area contributed by atoms with Gasteiger partial charge < -0.3 is 5.32 Å². The molecule has 0 aliphatic heterocycles. The standard InChI is InChI=1S/C12H13BrF2N4/c1-2-5-16-11(12-17-6-18-19-12)9-8(14)4-3-7(13)10(9)15/h3-4,6,11,16H,2,5H2,1H3,(H,17,18,19). The first-order valence-corrected chi connectivity index (χ1v) is 6.66. The van der Waals surface area contributed by atoms with Crippen molar-refractivity contribution in [2.75, 3.05) is 6.54 Å². The molecule has 0 spiro atoms. The maximum atomic E-state index is 14.1. The first-order chi connectivity index (χ1) is 9.15. The van der Waals surface area contributed by atoms with Crippen molar-refractivity contribution in [1.29, 1.82) is 0 Å². The normalized spacial score (nSPS) is 12.6. The number of aromatic nitrogens is 3. The van der Waals surface area contributed by atoms with Crippen molar-refractivity contribution in [2.24, 2.45) is 0 Å². The average Bonchev–Trinajstić information content (AvgIpc) is 2.92. The summed E-state index contributed by atoms with van der Waals surface area (Å²) in [5, 5.41) is 9.43. The number of H-pyrrole nitrogens is 1. The topological polar surface area (TPSA) is 53.6 Å². The number of benzene rings is 1. The van der Waals surface area contributed by atoms with Gasteiger partial charge in [-0.15, -0.1) is 0 Å². The highest BCUT2D eigenvalue weighted by Gasteiger charge is 2.25. The summed E-state index contributed by atoms with van der Waals surface area (Å²) in [7, 11) is 0. The Balaban J connectivity index is 2.46. The van der Waals surface area contributed by atoms with E-state index in [1.54, 1.807) is 0 Å². The molecule has 2 aromatic rings. The molecule has 1 aromatic heterocycles. The Labute approximate surface area is 117 Å². The minimum atomic E-state index is -0.694. The Morgan fingerprint density at radius 1 is 1.42 bits per heavy atom. The van der Waals surface area contributed by atoms with Crippen LogP contribution in [-0.2, 0) is 0 Å². The van der Waals surface area contributed by atoms with E-state index >= 15 is 0 Å². The maximum absolute atomic E-state index is 14.1. The minimum absolute atomic E-state index is 0.0698. The van der Waals surface area contributed by atoms with Gasteiger partial charge in [-0.05, 0) is 41.0 Å². The lowest BCUT2D eigenvalue weighted by Crippen LogP contribution is -2.26. The number of halogens is 3. The van der Waals surface area contributed by atoms with Crippen molar-refractivity contribution in [3.05, 3.63) is 46.0 Å². The van der Waals surface area contributed by atoms with Crippen LogP contribution in [0.15, 0.2) is 22.9 Å². The monoisotopic (exact) mass is 330 g/mol. The summed E-state index contributed by atoms with van der Waals surface area (Å²) in [6.07, 6.45) is 2.14. The summed E-state index contributed by atoms with van der Waals surface area (Å²) in [6.45, 7) is 2.58. The van der Waals surface area contributed by atoms with Crippen molar-refractivity contribution in [2.45, 2.75) is 19.4 Å². The van der Waals surface area contributed by atoms with Crippen molar-refractivity contribution in [3.63, 3.8) is 0 Å². The van der Waals surface area contributed by atoms with Crippen LogP contribution in [-0.4, -0.2) is 21.7 Å². The molecule has 0 saturated heterocycles. The first kappa shape index (κ1) is 14.1. The zero-order chi connectivity index (χ0) is 13.8. The fraction of sp³-hybridized carbons (Fsp3) is 0.333. The summed E-state index contributed by atoms with van der Waals surface area (Å²) in [6, 6.07) is 1.87. The molecular weight excluding hydrogens is 318 g/mol. The summed E-state index contributed by atoms with van der Waals surface area (Å²) in [5.74, 6) is -0.875. The molecule has 4 nitrogen and oxygen atoms in total. The van der Waals surface area contributed by atoms with Crippen LogP contribution in [0.25, 0.3) is 0 Å². The van der Waals surface area contributed by atoms with Crippen LogP contribution in [0.5, 0.6) is 0 Å². The number of rotatable bonds is 5. The van der Waals surface area contributed by atoms with Crippen LogP contribution in [0.2, 0.25) is 0 Å². The third-order valence-electron chi connectivity index (χ3n) is 2.67. The zero-order valence-corrected chi connectivity index (χ0v) is 11.8. The second-order valence-electron chi connectivity index (χ2n) is 4.01. The van der Waals surface area contributed by atoms with Crippen LogP contribution < -0.4 is 5.32 Å². The lowest BCUT2D eigenvalue weighted by atomic mass is 10.0. The Hall–Kier alpha value is -1.34. The van der Waals surface area contributed by atoms with Crippen LogP contribution >= 0.6 is 15.9 Å². The van der Waals surface area contributed by atoms with Crippen LogP contribution in [0, 0.1) is 11.6 Å². The summed E-state index contributed by atoms with van der Waals surface area (Å²) >= 11 is 3.06. The number of aromatic amines is 1. The summed E-state index contributed by atoms with van der Waals surface area (Å²) in [5.41, 5.74) is -0.0698. The molecule has 0 aliphatic rings. The van der Waals surface area contributed by atoms with Crippen LogP contribution in [0.3, 0.4) is 0 Å². The van der Waals surface area contributed by atoms with Gasteiger partial charge in [0.05, 0.1) is 10.5 Å². The van der Waals surface area contributed by atoms with Gasteiger partial charge >= 0.3 is 0 Å². The highest BCUT2D eigenvalue weighted by atomic mass is 79.9. The smallest absolute Gasteiger partial charge is 0.146 e. The van der Waals surface area contributed by atoms with Crippen LogP contribution in [0.4, 0.5) is 8.78 Å². The van der Waals surface area contributed by atoms with Gasteiger partial charge in [0.15, 0.2) is 0 Å². The quantitative estimate of drug-likeness (QED) is 0.829. The third-order valence-corrected chi connectivity index (χ3v) is 3.29. The van der Waals surface area contributed by atoms with E-state index in [4.69, 9.17) is 0 Å². The number of hydrogen-bond donors (Lipinski definition) is 2. The predicted molar refractivity (Wildman–Crippen MR) is 70.6 cm³/mol. The molecule has 2 N–H and O–H groups in total. The SMILES string of the molecule is CCCNC(c1ncn[nH]1)c1c(F)ccc(Br)c1F. The van der Waals surface area contributed by atoms with E-state index in [9.17, 15) is 8.78 Å². The second kappa shape index (κ2) is 6.21. The van der Waals surface area contributed by atoms with Gasteiger partial charge in [0, 0.05) is 5.56 Å². The van der Waals surface area contributed by atoms with Gasteiger partial charge in [0.2, 0.25) is 0 Å². The molecule has 19 heavy (non-hydrogen) atoms. The average molecular weight is 331 g/mol. The minimum Gasteiger partial charge on any atom is -0.303 e. The Bertz CT molecular complexity index is 545. The number of hydrogen-bond acceptors (Lipinski definition) is 3. The number of nitrogens with zero attached hydrogens (tertiary/aromatic N) is 2. The molecule has 0 fully saturated rings. The van der Waals surface area contributed by atoms with Gasteiger partial charge in [0.25, 0.3) is 0 Å². The fourth-order valence-corrected chi connectivity index (χ4v) is 2.13. The zero-order valence-electron chi connectivity index (χ0n) is 10.3. The molecule has 0 saturated carbocycles. The lowest BCUT2D eigenvalue weighted by Gasteiger charge is -2.18. The van der Waals surface area contributed by atoms with E-state index < -0.39 is 17.7 Å². The van der Waals surface area contributed by atoms with E-state index in [1.807, 2.05) is 6.92 Å². The molecular formula is C12H13BrF2N4. The molecule has 0 amide bonds. The molecule has 0 aliphatic carbocycles. The number of nitrogens with one attached hydrogen (secondary N) is 2. The molecule has 1 aromatic carbocycles. The first-order valence-electron chi connectivity index (χ1n) is 5.87. The molecule has 1 heterocycles. The maximum Gasteiger partial charge on any atom is 0.146 e. The Morgan fingerprint density at radius 3 is 2.84 bits per heavy atom. The molecule has 1 unspecified atom stereocenters. The fourth-order valence-electron chi connectivity index (χ4n) is 1.79. The largest absolute Gasteiger partial charge is 0.303 e. The van der Waals surface area contributed by atoms with E-state index in [-0.39, 0.29) is 10.0 Å². The van der Waals surface area contributed by atoms with Crippen molar-refractivity contribution in [3.8, 4) is 0 Å². The molecule has 2 rings (SSSR count). The van der Waals surface area contributed by atoms with Crippen molar-refractivity contribution < 1.29 is 8.78 Å². The molecule has 0 radical (unpaired) electrons. The van der Waals surface area contributed by atoms with Crippen LogP contribution in [0.1, 0.15) is 30.8 Å². The second-order valence-corrected chi connectivity index (χ2v) is 4.87. The van der Waals surface area contributed by atoms with Gasteiger partial charge in [0.1, 0.15) is 23.8 Å². The Morgan fingerprint density at radius 2 is 2.21 bits per heavy atom. The lowest BCUT2D eigenvalue weighted by molar-refractivity contribution is 0.489. The van der Waals surface area contributed by atoms with Crippen molar-refractivity contribution >= 4 is 15.9 Å². The van der Waals surface area contributed by atoms with E-state index in [1.165, 1.54) is 18.5 Å². The van der Waals surface area contributed by atoms with E-state index in [0.717, 1.165) is 6.42 Å². The van der Waals surface area contributed by atoms with Crippen molar-refractivity contribution in [1.82, 2.24) is 20.5 Å². The highest BCUT2D eigenvalue weighted by molar-refractivity contribution is 9.10. The summed E-state index contributed by atoms with van der Waals surface area (Å²) < 4.78 is 28.3. The van der Waals surface area contributed by atoms with Gasteiger partial charge in [-0.1, -0.05) is 6.92 Å². The third kappa shape index (κ3) is 2.98. The highest BCUT2D eigenvalue weighted by Crippen LogP contribution is 2.29. The molecule has 102 valence electrons. The molecule has 7 heteroatoms. The summed E-state index contributed by atoms with van der Waals surface area (Å²) in [4.78, 5) is 3.98. The van der Waals surface area contributed by atoms with E-state index in [2.05, 4.69) is 36.4 Å². The molecule has 0 bridgehead atoms. The van der Waals surface area contributed by atoms with Gasteiger partial charge in [-0.25, -0.2) is 13.8 Å².